The van der Waals surface area contributed by atoms with Gasteiger partial charge in [0.05, 0.1) is 20.3 Å². The second kappa shape index (κ2) is 9.89. The Labute approximate surface area is 172 Å². The minimum Gasteiger partial charge on any atom is -0.495 e. The van der Waals surface area contributed by atoms with Crippen molar-refractivity contribution < 1.29 is 22.7 Å². The van der Waals surface area contributed by atoms with Gasteiger partial charge in [-0.2, -0.15) is 4.31 Å². The van der Waals surface area contributed by atoms with E-state index in [4.69, 9.17) is 15.2 Å². The van der Waals surface area contributed by atoms with E-state index in [1.165, 1.54) is 23.5 Å². The highest BCUT2D eigenvalue weighted by Gasteiger charge is 2.31. The van der Waals surface area contributed by atoms with E-state index in [0.717, 1.165) is 19.3 Å². The van der Waals surface area contributed by atoms with Crippen LogP contribution in [0.1, 0.15) is 29.6 Å². The maximum atomic E-state index is 13.0. The highest BCUT2D eigenvalue weighted by Crippen LogP contribution is 2.29. The Hall–Kier alpha value is -1.39. The molecule has 1 amide bonds. The molecule has 10 heteroatoms. The minimum absolute atomic E-state index is 0. The number of halogens is 1. The molecule has 8 nitrogen and oxygen atoms in total. The van der Waals surface area contributed by atoms with Crippen LogP contribution in [-0.4, -0.2) is 64.6 Å². The molecule has 1 aliphatic carbocycles. The molecule has 0 aromatic heterocycles. The molecule has 1 aromatic rings. The van der Waals surface area contributed by atoms with Gasteiger partial charge in [0.2, 0.25) is 10.0 Å². The number of hydrogen-bond donors (Lipinski definition) is 2. The van der Waals surface area contributed by atoms with Gasteiger partial charge in [0.1, 0.15) is 10.6 Å². The van der Waals surface area contributed by atoms with E-state index < -0.39 is 10.0 Å². The first-order valence-electron chi connectivity index (χ1n) is 9.24. The van der Waals surface area contributed by atoms with E-state index >= 15 is 0 Å². The van der Waals surface area contributed by atoms with E-state index in [1.807, 2.05) is 0 Å². The predicted molar refractivity (Wildman–Crippen MR) is 107 cm³/mol. The second-order valence-corrected chi connectivity index (χ2v) is 8.80. The fourth-order valence-corrected chi connectivity index (χ4v) is 5.30. The highest BCUT2D eigenvalue weighted by atomic mass is 35.5. The number of sulfonamides is 1. The van der Waals surface area contributed by atoms with Crippen LogP contribution in [0.25, 0.3) is 0 Å². The Morgan fingerprint density at radius 1 is 1.32 bits per heavy atom. The number of morpholine rings is 1. The summed E-state index contributed by atoms with van der Waals surface area (Å²) in [5.41, 5.74) is 6.07. The highest BCUT2D eigenvalue weighted by molar-refractivity contribution is 7.89. The van der Waals surface area contributed by atoms with Gasteiger partial charge < -0.3 is 20.5 Å². The monoisotopic (exact) mass is 433 g/mol. The lowest BCUT2D eigenvalue weighted by atomic mass is 10.0. The first-order valence-corrected chi connectivity index (χ1v) is 10.7. The molecule has 2 fully saturated rings. The lowest BCUT2D eigenvalue weighted by Gasteiger charge is -2.27. The van der Waals surface area contributed by atoms with Crippen molar-refractivity contribution in [2.45, 2.75) is 30.2 Å². The van der Waals surface area contributed by atoms with Crippen LogP contribution in [0.2, 0.25) is 0 Å². The number of methoxy groups -OCH3 is 1. The van der Waals surface area contributed by atoms with Crippen molar-refractivity contribution in [1.29, 1.82) is 0 Å². The SMILES string of the molecule is COc1ccc(C(=O)NC2CCCC2CN)cc1S(=O)(=O)N1CCOCC1.Cl. The Balaban J connectivity index is 0.00000280. The number of benzene rings is 1. The lowest BCUT2D eigenvalue weighted by Crippen LogP contribution is -2.41. The molecule has 2 aliphatic rings. The Kier molecular flexibility index (Phi) is 8.08. The zero-order valence-electron chi connectivity index (χ0n) is 15.9. The number of rotatable bonds is 6. The molecular formula is C18H28ClN3O5S. The summed E-state index contributed by atoms with van der Waals surface area (Å²) in [5.74, 6) is 0.198. The molecule has 1 aromatic carbocycles. The number of nitrogens with zero attached hydrogens (tertiary/aromatic N) is 1. The molecule has 28 heavy (non-hydrogen) atoms. The number of carbonyl (C=O) groups is 1. The Bertz CT molecular complexity index is 783. The molecule has 0 bridgehead atoms. The number of ether oxygens (including phenoxy) is 2. The first kappa shape index (κ1) is 22.9. The average molecular weight is 434 g/mol. The fourth-order valence-electron chi connectivity index (χ4n) is 3.71. The summed E-state index contributed by atoms with van der Waals surface area (Å²) >= 11 is 0. The normalized spacial score (nSPS) is 23.1. The van der Waals surface area contributed by atoms with Crippen molar-refractivity contribution in [2.24, 2.45) is 11.7 Å². The van der Waals surface area contributed by atoms with Crippen LogP contribution >= 0.6 is 12.4 Å². The Morgan fingerprint density at radius 2 is 2.04 bits per heavy atom. The van der Waals surface area contributed by atoms with E-state index in [-0.39, 0.29) is 54.0 Å². The van der Waals surface area contributed by atoms with Crippen LogP contribution in [0.4, 0.5) is 0 Å². The molecule has 3 rings (SSSR count). The summed E-state index contributed by atoms with van der Waals surface area (Å²) in [4.78, 5) is 12.7. The van der Waals surface area contributed by atoms with E-state index in [2.05, 4.69) is 5.32 Å². The van der Waals surface area contributed by atoms with Crippen LogP contribution in [0, 0.1) is 5.92 Å². The third-order valence-electron chi connectivity index (χ3n) is 5.29. The van der Waals surface area contributed by atoms with Gasteiger partial charge in [-0.1, -0.05) is 6.42 Å². The third kappa shape index (κ3) is 4.77. The standard InChI is InChI=1S/C18H27N3O5S.ClH/c1-25-16-6-5-13(18(22)20-15-4-2-3-14(15)12-19)11-17(16)27(23,24)21-7-9-26-10-8-21;/h5-6,11,14-15H,2-4,7-10,12,19H2,1H3,(H,20,22);1H. The zero-order valence-corrected chi connectivity index (χ0v) is 17.6. The van der Waals surface area contributed by atoms with Crippen molar-refractivity contribution in [3.05, 3.63) is 23.8 Å². The van der Waals surface area contributed by atoms with E-state index in [0.29, 0.717) is 25.3 Å². The van der Waals surface area contributed by atoms with Gasteiger partial charge >= 0.3 is 0 Å². The molecule has 0 radical (unpaired) electrons. The summed E-state index contributed by atoms with van der Waals surface area (Å²) in [6.07, 6.45) is 2.93. The summed E-state index contributed by atoms with van der Waals surface area (Å²) < 4.78 is 37.9. The van der Waals surface area contributed by atoms with Gasteiger partial charge in [-0.05, 0) is 43.5 Å². The smallest absolute Gasteiger partial charge is 0.251 e. The molecule has 1 saturated carbocycles. The van der Waals surface area contributed by atoms with E-state index in [9.17, 15) is 13.2 Å². The molecule has 2 unspecified atom stereocenters. The number of hydrogen-bond acceptors (Lipinski definition) is 6. The van der Waals surface area contributed by atoms with Gasteiger partial charge in [0.15, 0.2) is 0 Å². The maximum Gasteiger partial charge on any atom is 0.251 e. The van der Waals surface area contributed by atoms with Crippen molar-refractivity contribution in [3.63, 3.8) is 0 Å². The molecule has 1 heterocycles. The topological polar surface area (TPSA) is 111 Å². The minimum atomic E-state index is -3.78. The van der Waals surface area contributed by atoms with Gasteiger partial charge in [-0.15, -0.1) is 12.4 Å². The average Bonchev–Trinajstić information content (AvgIpc) is 3.15. The van der Waals surface area contributed by atoms with Crippen LogP contribution in [0.5, 0.6) is 5.75 Å². The van der Waals surface area contributed by atoms with Gasteiger partial charge in [0, 0.05) is 24.7 Å². The molecule has 1 aliphatic heterocycles. The molecular weight excluding hydrogens is 406 g/mol. The second-order valence-electron chi connectivity index (χ2n) is 6.89. The molecule has 0 spiro atoms. The third-order valence-corrected chi connectivity index (χ3v) is 7.21. The number of carbonyl (C=O) groups excluding carboxylic acids is 1. The van der Waals surface area contributed by atoms with Crippen molar-refractivity contribution in [2.75, 3.05) is 40.0 Å². The van der Waals surface area contributed by atoms with Crippen LogP contribution in [0.15, 0.2) is 23.1 Å². The fraction of sp³-hybridized carbons (Fsp3) is 0.611. The predicted octanol–water partition coefficient (Wildman–Crippen LogP) is 0.995. The molecule has 2 atom stereocenters. The van der Waals surface area contributed by atoms with Crippen LogP contribution in [-0.2, 0) is 14.8 Å². The number of nitrogens with one attached hydrogen (secondary N) is 1. The summed E-state index contributed by atoms with van der Waals surface area (Å²) in [6, 6.07) is 4.53. The maximum absolute atomic E-state index is 13.0. The molecule has 1 saturated heterocycles. The van der Waals surface area contributed by atoms with Gasteiger partial charge in [0.25, 0.3) is 5.91 Å². The number of amides is 1. The largest absolute Gasteiger partial charge is 0.495 e. The first-order chi connectivity index (χ1) is 13.0. The van der Waals surface area contributed by atoms with Crippen molar-refractivity contribution in [1.82, 2.24) is 9.62 Å². The molecule has 3 N–H and O–H groups in total. The summed E-state index contributed by atoms with van der Waals surface area (Å²) in [7, 11) is -2.36. The van der Waals surface area contributed by atoms with Crippen molar-refractivity contribution >= 4 is 28.3 Å². The van der Waals surface area contributed by atoms with Crippen LogP contribution < -0.4 is 15.8 Å². The number of nitrogens with two attached hydrogens (primary N) is 1. The van der Waals surface area contributed by atoms with Crippen molar-refractivity contribution in [3.8, 4) is 5.75 Å². The van der Waals surface area contributed by atoms with E-state index in [1.54, 1.807) is 6.07 Å². The van der Waals surface area contributed by atoms with Gasteiger partial charge in [-0.25, -0.2) is 8.42 Å². The lowest BCUT2D eigenvalue weighted by molar-refractivity contribution is 0.0729. The summed E-state index contributed by atoms with van der Waals surface area (Å²) in [5, 5.41) is 3.00. The summed E-state index contributed by atoms with van der Waals surface area (Å²) in [6.45, 7) is 1.79. The van der Waals surface area contributed by atoms with Gasteiger partial charge in [-0.3, -0.25) is 4.79 Å². The quantitative estimate of drug-likeness (QED) is 0.692. The molecule has 158 valence electrons. The van der Waals surface area contributed by atoms with Crippen LogP contribution in [0.3, 0.4) is 0 Å². The Morgan fingerprint density at radius 3 is 2.68 bits per heavy atom. The zero-order chi connectivity index (χ0) is 19.4.